The SMILES string of the molecule is COC(=O)C(C)Cn1c(=O)[nH]/c(=N\c2ccc(CCC3CC3)c(C)c2)n(Cc2ccc(Cl)cc2)c1=O. The van der Waals surface area contributed by atoms with Crippen LogP contribution in [0.2, 0.25) is 5.02 Å². The Labute approximate surface area is 214 Å². The van der Waals surface area contributed by atoms with Gasteiger partial charge in [0.25, 0.3) is 0 Å². The second-order valence-corrected chi connectivity index (χ2v) is 9.92. The molecule has 1 aliphatic carbocycles. The Morgan fingerprint density at radius 2 is 1.89 bits per heavy atom. The summed E-state index contributed by atoms with van der Waals surface area (Å²) in [5, 5.41) is 0.580. The first-order valence-electron chi connectivity index (χ1n) is 12.2. The second kappa shape index (κ2) is 11.1. The van der Waals surface area contributed by atoms with Crippen molar-refractivity contribution in [2.24, 2.45) is 16.8 Å². The maximum absolute atomic E-state index is 13.5. The predicted octanol–water partition coefficient (Wildman–Crippen LogP) is 3.73. The molecule has 4 rings (SSSR count). The van der Waals surface area contributed by atoms with Crippen LogP contribution in [0.25, 0.3) is 0 Å². The first-order chi connectivity index (χ1) is 17.2. The molecule has 8 nitrogen and oxygen atoms in total. The van der Waals surface area contributed by atoms with E-state index in [9.17, 15) is 14.4 Å². The second-order valence-electron chi connectivity index (χ2n) is 9.49. The first-order valence-corrected chi connectivity index (χ1v) is 12.5. The first kappa shape index (κ1) is 25.7. The average Bonchev–Trinajstić information content (AvgIpc) is 3.68. The number of hydrogen-bond donors (Lipinski definition) is 1. The lowest BCUT2D eigenvalue weighted by atomic mass is 10.0. The van der Waals surface area contributed by atoms with Crippen molar-refractivity contribution in [3.8, 4) is 0 Å². The van der Waals surface area contributed by atoms with E-state index in [0.29, 0.717) is 10.7 Å². The molecule has 0 amide bonds. The molecule has 36 heavy (non-hydrogen) atoms. The van der Waals surface area contributed by atoms with Gasteiger partial charge in [0.2, 0.25) is 5.62 Å². The Morgan fingerprint density at radius 3 is 2.53 bits per heavy atom. The summed E-state index contributed by atoms with van der Waals surface area (Å²) in [5.41, 5.74) is 2.79. The number of H-pyrrole nitrogens is 1. The lowest BCUT2D eigenvalue weighted by Crippen LogP contribution is -2.51. The van der Waals surface area contributed by atoms with E-state index in [1.165, 1.54) is 36.5 Å². The van der Waals surface area contributed by atoms with Gasteiger partial charge < -0.3 is 4.74 Å². The maximum atomic E-state index is 13.5. The van der Waals surface area contributed by atoms with Gasteiger partial charge in [-0.05, 0) is 66.6 Å². The number of nitrogens with one attached hydrogen (secondary N) is 1. The van der Waals surface area contributed by atoms with Gasteiger partial charge in [0, 0.05) is 11.6 Å². The minimum absolute atomic E-state index is 0.115. The van der Waals surface area contributed by atoms with Crippen molar-refractivity contribution < 1.29 is 9.53 Å². The minimum atomic E-state index is -0.675. The number of aryl methyl sites for hydroxylation is 2. The molecular weight excluding hydrogens is 480 g/mol. The van der Waals surface area contributed by atoms with Crippen LogP contribution in [-0.2, 0) is 29.0 Å². The van der Waals surface area contributed by atoms with Gasteiger partial charge in [-0.2, -0.15) is 0 Å². The standard InChI is InChI=1S/C27H31ClN4O4/c1-17-14-23(13-10-21(17)9-6-19-4-5-19)29-25-30-26(34)32(15-18(2)24(33)36-3)27(35)31(25)16-20-7-11-22(28)12-8-20/h7-8,10-14,18-19H,4-6,9,15-16H2,1-3H3,(H,29,30,34). The molecule has 1 fully saturated rings. The Hall–Kier alpha value is -3.39. The van der Waals surface area contributed by atoms with Crippen LogP contribution >= 0.6 is 11.6 Å². The number of hydrogen-bond acceptors (Lipinski definition) is 5. The molecular formula is C27H31ClN4O4. The van der Waals surface area contributed by atoms with Crippen molar-refractivity contribution in [1.29, 1.82) is 0 Å². The third kappa shape index (κ3) is 6.23. The summed E-state index contributed by atoms with van der Waals surface area (Å²) in [4.78, 5) is 45.6. The van der Waals surface area contributed by atoms with Crippen LogP contribution in [-0.4, -0.2) is 27.2 Å². The molecule has 2 aromatic carbocycles. The molecule has 0 saturated heterocycles. The smallest absolute Gasteiger partial charge is 0.335 e. The fraction of sp³-hybridized carbons (Fsp3) is 0.407. The highest BCUT2D eigenvalue weighted by Crippen LogP contribution is 2.34. The molecule has 1 aromatic heterocycles. The lowest BCUT2D eigenvalue weighted by Gasteiger charge is -2.14. The zero-order chi connectivity index (χ0) is 25.8. The Balaban J connectivity index is 1.76. The van der Waals surface area contributed by atoms with Crippen molar-refractivity contribution in [2.45, 2.75) is 52.6 Å². The van der Waals surface area contributed by atoms with E-state index < -0.39 is 23.3 Å². The summed E-state index contributed by atoms with van der Waals surface area (Å²) < 4.78 is 7.15. The molecule has 190 valence electrons. The number of methoxy groups -OCH3 is 1. The summed E-state index contributed by atoms with van der Waals surface area (Å²) in [5.74, 6) is -0.318. The molecule has 1 atom stereocenters. The molecule has 3 aromatic rings. The van der Waals surface area contributed by atoms with Gasteiger partial charge >= 0.3 is 17.3 Å². The number of aromatic nitrogens is 3. The Bertz CT molecular complexity index is 1430. The summed E-state index contributed by atoms with van der Waals surface area (Å²) in [6.07, 6.45) is 4.90. The highest BCUT2D eigenvalue weighted by atomic mass is 35.5. The number of esters is 1. The third-order valence-corrected chi connectivity index (χ3v) is 6.83. The van der Waals surface area contributed by atoms with Gasteiger partial charge in [-0.15, -0.1) is 0 Å². The highest BCUT2D eigenvalue weighted by Gasteiger charge is 2.21. The van der Waals surface area contributed by atoms with E-state index in [0.717, 1.165) is 28.0 Å². The van der Waals surface area contributed by atoms with Crippen LogP contribution < -0.4 is 17.0 Å². The summed E-state index contributed by atoms with van der Waals surface area (Å²) in [7, 11) is 1.27. The fourth-order valence-electron chi connectivity index (χ4n) is 4.19. The summed E-state index contributed by atoms with van der Waals surface area (Å²) in [6.45, 7) is 3.71. The monoisotopic (exact) mass is 510 g/mol. The summed E-state index contributed by atoms with van der Waals surface area (Å²) in [6, 6.07) is 13.0. The molecule has 0 bridgehead atoms. The van der Waals surface area contributed by atoms with Crippen molar-refractivity contribution >= 4 is 23.3 Å². The number of halogens is 1. The number of carbonyl (C=O) groups excluding carboxylic acids is 1. The highest BCUT2D eigenvalue weighted by molar-refractivity contribution is 6.30. The van der Waals surface area contributed by atoms with Crippen LogP contribution in [0.3, 0.4) is 0 Å². The molecule has 0 aliphatic heterocycles. The summed E-state index contributed by atoms with van der Waals surface area (Å²) >= 11 is 6.02. The van der Waals surface area contributed by atoms with Gasteiger partial charge in [0.05, 0.1) is 25.3 Å². The number of nitrogens with zero attached hydrogens (tertiary/aromatic N) is 3. The number of benzene rings is 2. The number of rotatable bonds is 9. The van der Waals surface area contributed by atoms with Gasteiger partial charge in [-0.1, -0.05) is 49.6 Å². The molecule has 1 unspecified atom stereocenters. The van der Waals surface area contributed by atoms with Gasteiger partial charge in [-0.3, -0.25) is 14.3 Å². The van der Waals surface area contributed by atoms with Crippen LogP contribution in [0.4, 0.5) is 5.69 Å². The zero-order valence-electron chi connectivity index (χ0n) is 20.8. The number of aromatic amines is 1. The van der Waals surface area contributed by atoms with Crippen LogP contribution in [0, 0.1) is 18.8 Å². The van der Waals surface area contributed by atoms with E-state index in [1.807, 2.05) is 24.3 Å². The lowest BCUT2D eigenvalue weighted by molar-refractivity contribution is -0.145. The number of ether oxygens (including phenoxy) is 1. The van der Waals surface area contributed by atoms with E-state index in [-0.39, 0.29) is 18.7 Å². The molecule has 9 heteroatoms. The van der Waals surface area contributed by atoms with E-state index >= 15 is 0 Å². The largest absolute Gasteiger partial charge is 0.469 e. The molecule has 1 N–H and O–H groups in total. The van der Waals surface area contributed by atoms with Gasteiger partial charge in [-0.25, -0.2) is 19.1 Å². The molecule has 1 aliphatic rings. The van der Waals surface area contributed by atoms with Gasteiger partial charge in [0.1, 0.15) is 0 Å². The minimum Gasteiger partial charge on any atom is -0.469 e. The fourth-order valence-corrected chi connectivity index (χ4v) is 4.31. The number of carbonyl (C=O) groups is 1. The van der Waals surface area contributed by atoms with Crippen molar-refractivity contribution in [2.75, 3.05) is 7.11 Å². The van der Waals surface area contributed by atoms with E-state index in [4.69, 9.17) is 16.3 Å². The van der Waals surface area contributed by atoms with Crippen LogP contribution in [0.15, 0.2) is 57.0 Å². The zero-order valence-corrected chi connectivity index (χ0v) is 21.5. The quantitative estimate of drug-likeness (QED) is 0.443. The Kier molecular flexibility index (Phi) is 7.94. The van der Waals surface area contributed by atoms with Crippen molar-refractivity contribution in [3.05, 3.63) is 90.8 Å². The average molecular weight is 511 g/mol. The van der Waals surface area contributed by atoms with E-state index in [1.54, 1.807) is 19.1 Å². The Morgan fingerprint density at radius 1 is 1.17 bits per heavy atom. The van der Waals surface area contributed by atoms with Crippen LogP contribution in [0.5, 0.6) is 0 Å². The van der Waals surface area contributed by atoms with Crippen molar-refractivity contribution in [1.82, 2.24) is 14.1 Å². The molecule has 0 radical (unpaired) electrons. The normalized spacial score (nSPS) is 14.6. The topological polar surface area (TPSA) is 98.4 Å². The van der Waals surface area contributed by atoms with Crippen LogP contribution in [0.1, 0.15) is 42.9 Å². The predicted molar refractivity (Wildman–Crippen MR) is 138 cm³/mol. The third-order valence-electron chi connectivity index (χ3n) is 6.58. The molecule has 0 spiro atoms. The molecule has 1 saturated carbocycles. The van der Waals surface area contributed by atoms with E-state index in [2.05, 4.69) is 23.0 Å². The molecule has 1 heterocycles. The maximum Gasteiger partial charge on any atom is 0.335 e. The van der Waals surface area contributed by atoms with Crippen molar-refractivity contribution in [3.63, 3.8) is 0 Å². The van der Waals surface area contributed by atoms with Gasteiger partial charge in [0.15, 0.2) is 0 Å².